The first kappa shape index (κ1) is 13.7. The van der Waals surface area contributed by atoms with Crippen LogP contribution >= 0.6 is 0 Å². The monoisotopic (exact) mass is 261 g/mol. The van der Waals surface area contributed by atoms with E-state index in [0.717, 1.165) is 17.9 Å². The van der Waals surface area contributed by atoms with Crippen LogP contribution in [0.15, 0.2) is 12.7 Å². The number of allylic oxidation sites excluding steroid dienone is 1. The van der Waals surface area contributed by atoms with Gasteiger partial charge in [-0.15, -0.1) is 6.58 Å². The summed E-state index contributed by atoms with van der Waals surface area (Å²) in [6.07, 6.45) is 15.0. The van der Waals surface area contributed by atoms with Crippen LogP contribution in [0.2, 0.25) is 0 Å². The third kappa shape index (κ3) is 2.39. The number of hydrogen-bond acceptors (Lipinski definition) is 1. The smallest absolute Gasteiger partial charge is 0.0121 e. The van der Waals surface area contributed by atoms with Gasteiger partial charge in [-0.1, -0.05) is 13.0 Å². The molecule has 108 valence electrons. The predicted molar refractivity (Wildman–Crippen MR) is 82.1 cm³/mol. The van der Waals surface area contributed by atoms with Crippen molar-refractivity contribution < 1.29 is 0 Å². The predicted octanol–water partition coefficient (Wildman–Crippen LogP) is 4.54. The molecule has 0 saturated heterocycles. The number of nitrogens with one attached hydrogen (secondary N) is 1. The second-order valence-corrected chi connectivity index (χ2v) is 8.19. The van der Waals surface area contributed by atoms with Crippen LogP contribution < -0.4 is 5.32 Å². The summed E-state index contributed by atoms with van der Waals surface area (Å²) in [7, 11) is 2.19. The second-order valence-electron chi connectivity index (χ2n) is 8.19. The molecule has 4 rings (SSSR count). The number of hydrogen-bond donors (Lipinski definition) is 1. The van der Waals surface area contributed by atoms with E-state index in [1.807, 2.05) is 0 Å². The average molecular weight is 261 g/mol. The molecule has 0 aromatic carbocycles. The Balaban J connectivity index is 1.75. The Hall–Kier alpha value is -0.300. The fraction of sp³-hybridized carbons (Fsp3) is 0.889. The number of rotatable bonds is 6. The van der Waals surface area contributed by atoms with E-state index < -0.39 is 0 Å². The summed E-state index contributed by atoms with van der Waals surface area (Å²) in [5.41, 5.74) is 1.31. The molecular weight excluding hydrogens is 230 g/mol. The van der Waals surface area contributed by atoms with Gasteiger partial charge < -0.3 is 5.32 Å². The minimum absolute atomic E-state index is 0.634. The van der Waals surface area contributed by atoms with Crippen LogP contribution in [0.4, 0.5) is 0 Å². The average Bonchev–Trinajstić information content (AvgIpc) is 2.31. The fourth-order valence-electron chi connectivity index (χ4n) is 6.43. The van der Waals surface area contributed by atoms with Gasteiger partial charge in [-0.25, -0.2) is 0 Å². The zero-order chi connectivity index (χ0) is 13.5. The van der Waals surface area contributed by atoms with E-state index in [1.165, 1.54) is 51.4 Å². The van der Waals surface area contributed by atoms with Gasteiger partial charge in [-0.3, -0.25) is 0 Å². The largest absolute Gasteiger partial charge is 0.316 e. The Kier molecular flexibility index (Phi) is 3.53. The van der Waals surface area contributed by atoms with Gasteiger partial charge in [0.1, 0.15) is 0 Å². The first-order valence-electron chi connectivity index (χ1n) is 8.37. The Labute approximate surface area is 119 Å². The van der Waals surface area contributed by atoms with Crippen LogP contribution in [0.25, 0.3) is 0 Å². The van der Waals surface area contributed by atoms with Crippen LogP contribution in [0.3, 0.4) is 0 Å². The molecule has 0 amide bonds. The lowest BCUT2D eigenvalue weighted by Gasteiger charge is -2.63. The van der Waals surface area contributed by atoms with Crippen molar-refractivity contribution in [3.05, 3.63) is 12.7 Å². The lowest BCUT2D eigenvalue weighted by molar-refractivity contribution is -0.118. The van der Waals surface area contributed by atoms with Gasteiger partial charge in [0.25, 0.3) is 0 Å². The molecule has 0 aromatic rings. The molecule has 4 bridgehead atoms. The zero-order valence-electron chi connectivity index (χ0n) is 12.9. The van der Waals surface area contributed by atoms with E-state index in [4.69, 9.17) is 0 Å². The van der Waals surface area contributed by atoms with E-state index in [2.05, 4.69) is 31.9 Å². The highest BCUT2D eigenvalue weighted by Gasteiger charge is 2.57. The zero-order valence-corrected chi connectivity index (χ0v) is 12.9. The highest BCUT2D eigenvalue weighted by atomic mass is 14.9. The quantitative estimate of drug-likeness (QED) is 0.547. The van der Waals surface area contributed by atoms with Crippen LogP contribution in [0.1, 0.15) is 64.7 Å². The molecule has 3 atom stereocenters. The van der Waals surface area contributed by atoms with Crippen molar-refractivity contribution in [2.45, 2.75) is 70.8 Å². The van der Waals surface area contributed by atoms with Crippen molar-refractivity contribution in [1.82, 2.24) is 5.32 Å². The molecule has 4 fully saturated rings. The van der Waals surface area contributed by atoms with Crippen LogP contribution in [-0.4, -0.2) is 13.1 Å². The second kappa shape index (κ2) is 4.91. The van der Waals surface area contributed by atoms with E-state index in [-0.39, 0.29) is 0 Å². The molecule has 1 heteroatoms. The Morgan fingerprint density at radius 2 is 1.95 bits per heavy atom. The first-order valence-corrected chi connectivity index (χ1v) is 8.37. The Morgan fingerprint density at radius 1 is 1.26 bits per heavy atom. The topological polar surface area (TPSA) is 12.0 Å². The SMILES string of the molecule is C=CCCCC(NC)C12CC3CC(CC(C)(C3)C1)C2. The third-order valence-electron chi connectivity index (χ3n) is 6.39. The normalized spacial score (nSPS) is 45.4. The summed E-state index contributed by atoms with van der Waals surface area (Å²) in [5.74, 6) is 2.09. The molecule has 0 heterocycles. The number of unbranched alkanes of at least 4 members (excludes halogenated alkanes) is 1. The van der Waals surface area contributed by atoms with Crippen LogP contribution in [-0.2, 0) is 0 Å². The minimum Gasteiger partial charge on any atom is -0.316 e. The van der Waals surface area contributed by atoms with Gasteiger partial charge >= 0.3 is 0 Å². The van der Waals surface area contributed by atoms with Crippen molar-refractivity contribution in [3.8, 4) is 0 Å². The molecule has 4 aliphatic rings. The molecule has 4 saturated carbocycles. The molecule has 1 nitrogen and oxygen atoms in total. The maximum Gasteiger partial charge on any atom is 0.0121 e. The van der Waals surface area contributed by atoms with E-state index in [9.17, 15) is 0 Å². The molecule has 0 radical (unpaired) electrons. The van der Waals surface area contributed by atoms with Crippen molar-refractivity contribution in [2.24, 2.45) is 22.7 Å². The summed E-state index contributed by atoms with van der Waals surface area (Å²) < 4.78 is 0. The van der Waals surface area contributed by atoms with Gasteiger partial charge in [0.2, 0.25) is 0 Å². The van der Waals surface area contributed by atoms with Gasteiger partial charge in [0.05, 0.1) is 0 Å². The van der Waals surface area contributed by atoms with Crippen molar-refractivity contribution in [1.29, 1.82) is 0 Å². The van der Waals surface area contributed by atoms with Crippen molar-refractivity contribution in [3.63, 3.8) is 0 Å². The standard InChI is InChI=1S/C18H31N/c1-4-5-6-7-16(19-3)18-11-14-8-15(12-18)10-17(2,9-14)13-18/h4,14-16,19H,1,5-13H2,2-3H3. The molecule has 1 N–H and O–H groups in total. The summed E-state index contributed by atoms with van der Waals surface area (Å²) in [5, 5.41) is 3.70. The lowest BCUT2D eigenvalue weighted by Crippen LogP contribution is -2.58. The molecular formula is C18H31N. The maximum atomic E-state index is 3.87. The van der Waals surface area contributed by atoms with Gasteiger partial charge in [0, 0.05) is 6.04 Å². The van der Waals surface area contributed by atoms with Crippen LogP contribution in [0, 0.1) is 22.7 Å². The maximum absolute atomic E-state index is 3.87. The molecule has 3 unspecified atom stereocenters. The summed E-state index contributed by atoms with van der Waals surface area (Å²) in [4.78, 5) is 0. The molecule has 0 aliphatic heterocycles. The van der Waals surface area contributed by atoms with Crippen molar-refractivity contribution >= 4 is 0 Å². The van der Waals surface area contributed by atoms with Crippen LogP contribution in [0.5, 0.6) is 0 Å². The lowest BCUT2D eigenvalue weighted by atomic mass is 9.43. The molecule has 4 aliphatic carbocycles. The first-order chi connectivity index (χ1) is 9.09. The van der Waals surface area contributed by atoms with Gasteiger partial charge in [-0.05, 0) is 87.5 Å². The summed E-state index contributed by atoms with van der Waals surface area (Å²) in [6.45, 7) is 6.45. The highest BCUT2D eigenvalue weighted by molar-refractivity contribution is 5.09. The van der Waals surface area contributed by atoms with Gasteiger partial charge in [0.15, 0.2) is 0 Å². The molecule has 0 aromatic heterocycles. The Morgan fingerprint density at radius 3 is 2.47 bits per heavy atom. The van der Waals surface area contributed by atoms with E-state index in [0.29, 0.717) is 10.8 Å². The third-order valence-corrected chi connectivity index (χ3v) is 6.39. The fourth-order valence-corrected chi connectivity index (χ4v) is 6.43. The summed E-state index contributed by atoms with van der Waals surface area (Å²) in [6, 6.07) is 0.748. The van der Waals surface area contributed by atoms with Crippen molar-refractivity contribution in [2.75, 3.05) is 7.05 Å². The molecule has 19 heavy (non-hydrogen) atoms. The van der Waals surface area contributed by atoms with Gasteiger partial charge in [-0.2, -0.15) is 0 Å². The van der Waals surface area contributed by atoms with E-state index in [1.54, 1.807) is 6.42 Å². The Bertz CT molecular complexity index is 332. The summed E-state index contributed by atoms with van der Waals surface area (Å²) >= 11 is 0. The molecule has 0 spiro atoms. The highest BCUT2D eigenvalue weighted by Crippen LogP contribution is 2.66. The van der Waals surface area contributed by atoms with E-state index >= 15 is 0 Å². The minimum atomic E-state index is 0.634.